The maximum Gasteiger partial charge on any atom is 0.281 e. The standard InChI is InChI=1S/C23H30N6O2/c1-14-6-7-15(2)17(12-14)13-29-20-18(26-27-29)21(30)25-19(24-20)16-8-10-28(11-9-16)22(31)23(3,4)5/h6-7,12,16H,8-11,13H2,1-5H3,(H,24,25,30). The van der Waals surface area contributed by atoms with Gasteiger partial charge in [-0.2, -0.15) is 0 Å². The van der Waals surface area contributed by atoms with Gasteiger partial charge in [0, 0.05) is 24.4 Å². The molecule has 1 aliphatic heterocycles. The van der Waals surface area contributed by atoms with E-state index in [-0.39, 0.29) is 28.3 Å². The number of piperidine rings is 1. The fourth-order valence-corrected chi connectivity index (χ4v) is 4.15. The van der Waals surface area contributed by atoms with Crippen LogP contribution < -0.4 is 5.56 Å². The Morgan fingerprint density at radius 1 is 1.19 bits per heavy atom. The second kappa shape index (κ2) is 7.90. The molecule has 0 saturated carbocycles. The Hall–Kier alpha value is -3.03. The van der Waals surface area contributed by atoms with Crippen molar-refractivity contribution < 1.29 is 4.79 Å². The lowest BCUT2D eigenvalue weighted by atomic mass is 9.90. The number of carbonyl (C=O) groups is 1. The van der Waals surface area contributed by atoms with E-state index in [1.807, 2.05) is 25.7 Å². The maximum atomic E-state index is 12.7. The first-order valence-corrected chi connectivity index (χ1v) is 10.8. The zero-order valence-electron chi connectivity index (χ0n) is 18.9. The molecular formula is C23H30N6O2. The summed E-state index contributed by atoms with van der Waals surface area (Å²) in [6.07, 6.45) is 1.55. The number of benzene rings is 1. The van der Waals surface area contributed by atoms with E-state index in [4.69, 9.17) is 4.98 Å². The molecule has 0 spiro atoms. The Balaban J connectivity index is 1.59. The number of nitrogens with zero attached hydrogens (tertiary/aromatic N) is 5. The normalized spacial score (nSPS) is 15.6. The van der Waals surface area contributed by atoms with Gasteiger partial charge in [-0.15, -0.1) is 5.10 Å². The highest BCUT2D eigenvalue weighted by atomic mass is 16.2. The monoisotopic (exact) mass is 422 g/mol. The van der Waals surface area contributed by atoms with Crippen LogP contribution in [0, 0.1) is 19.3 Å². The minimum absolute atomic E-state index is 0.102. The number of hydrogen-bond acceptors (Lipinski definition) is 5. The van der Waals surface area contributed by atoms with Gasteiger partial charge in [0.15, 0.2) is 11.2 Å². The topological polar surface area (TPSA) is 96.8 Å². The molecule has 0 bridgehead atoms. The Kier molecular flexibility index (Phi) is 5.41. The molecule has 1 fully saturated rings. The summed E-state index contributed by atoms with van der Waals surface area (Å²) in [7, 11) is 0. The number of aryl methyl sites for hydroxylation is 2. The number of nitrogens with one attached hydrogen (secondary N) is 1. The summed E-state index contributed by atoms with van der Waals surface area (Å²) in [6.45, 7) is 11.8. The Bertz CT molecular complexity index is 1180. The van der Waals surface area contributed by atoms with Crippen molar-refractivity contribution in [2.24, 2.45) is 5.41 Å². The van der Waals surface area contributed by atoms with Crippen molar-refractivity contribution in [3.8, 4) is 0 Å². The van der Waals surface area contributed by atoms with Gasteiger partial charge in [0.2, 0.25) is 5.91 Å². The lowest BCUT2D eigenvalue weighted by molar-refractivity contribution is -0.140. The first-order chi connectivity index (χ1) is 14.6. The van der Waals surface area contributed by atoms with E-state index in [0.29, 0.717) is 31.1 Å². The van der Waals surface area contributed by atoms with E-state index in [9.17, 15) is 9.59 Å². The third kappa shape index (κ3) is 4.24. The van der Waals surface area contributed by atoms with Crippen LogP contribution in [-0.2, 0) is 11.3 Å². The van der Waals surface area contributed by atoms with Crippen LogP contribution in [0.4, 0.5) is 0 Å². The van der Waals surface area contributed by atoms with Crippen molar-refractivity contribution in [2.45, 2.75) is 59.9 Å². The van der Waals surface area contributed by atoms with E-state index in [1.165, 1.54) is 5.56 Å². The minimum atomic E-state index is -0.385. The highest BCUT2D eigenvalue weighted by Gasteiger charge is 2.31. The quantitative estimate of drug-likeness (QED) is 0.700. The molecule has 2 aromatic heterocycles. The van der Waals surface area contributed by atoms with E-state index in [1.54, 1.807) is 4.68 Å². The lowest BCUT2D eigenvalue weighted by Crippen LogP contribution is -2.44. The van der Waals surface area contributed by atoms with Crippen LogP contribution >= 0.6 is 0 Å². The van der Waals surface area contributed by atoms with Gasteiger partial charge < -0.3 is 9.88 Å². The van der Waals surface area contributed by atoms with Crippen LogP contribution in [0.5, 0.6) is 0 Å². The number of hydrogen-bond donors (Lipinski definition) is 1. The highest BCUT2D eigenvalue weighted by molar-refractivity contribution is 5.81. The number of fused-ring (bicyclic) bond motifs is 1. The molecule has 8 heteroatoms. The molecule has 0 atom stereocenters. The molecule has 1 amide bonds. The van der Waals surface area contributed by atoms with E-state index in [2.05, 4.69) is 47.3 Å². The number of aromatic amines is 1. The third-order valence-corrected chi connectivity index (χ3v) is 6.03. The molecule has 0 radical (unpaired) electrons. The minimum Gasteiger partial charge on any atom is -0.342 e. The van der Waals surface area contributed by atoms with Crippen LogP contribution in [0.3, 0.4) is 0 Å². The Labute approximate surface area is 181 Å². The summed E-state index contributed by atoms with van der Waals surface area (Å²) in [5.41, 5.74) is 3.58. The van der Waals surface area contributed by atoms with Gasteiger partial charge in [-0.05, 0) is 37.8 Å². The van der Waals surface area contributed by atoms with Crippen molar-refractivity contribution >= 4 is 17.1 Å². The van der Waals surface area contributed by atoms with Crippen LogP contribution in [0.25, 0.3) is 11.2 Å². The Morgan fingerprint density at radius 2 is 1.90 bits per heavy atom. The predicted molar refractivity (Wildman–Crippen MR) is 119 cm³/mol. The first kappa shape index (κ1) is 21.2. The zero-order chi connectivity index (χ0) is 22.3. The van der Waals surface area contributed by atoms with E-state index >= 15 is 0 Å². The van der Waals surface area contributed by atoms with Crippen LogP contribution in [0.1, 0.15) is 62.0 Å². The lowest BCUT2D eigenvalue weighted by Gasteiger charge is -2.35. The molecule has 0 unspecified atom stereocenters. The molecule has 31 heavy (non-hydrogen) atoms. The highest BCUT2D eigenvalue weighted by Crippen LogP contribution is 2.28. The second-order valence-corrected chi connectivity index (χ2v) is 9.62. The number of rotatable bonds is 3. The summed E-state index contributed by atoms with van der Waals surface area (Å²) in [4.78, 5) is 34.8. The van der Waals surface area contributed by atoms with Crippen molar-refractivity contribution in [3.63, 3.8) is 0 Å². The smallest absolute Gasteiger partial charge is 0.281 e. The maximum absolute atomic E-state index is 12.7. The van der Waals surface area contributed by atoms with Crippen molar-refractivity contribution in [3.05, 3.63) is 51.1 Å². The largest absolute Gasteiger partial charge is 0.342 e. The molecule has 0 aliphatic carbocycles. The molecule has 3 heterocycles. The molecule has 3 aromatic rings. The van der Waals surface area contributed by atoms with Crippen molar-refractivity contribution in [2.75, 3.05) is 13.1 Å². The molecule has 1 aromatic carbocycles. The van der Waals surface area contributed by atoms with Crippen LogP contribution in [0.15, 0.2) is 23.0 Å². The van der Waals surface area contributed by atoms with Crippen LogP contribution in [-0.4, -0.2) is 48.9 Å². The summed E-state index contributed by atoms with van der Waals surface area (Å²) >= 11 is 0. The van der Waals surface area contributed by atoms with Gasteiger partial charge >= 0.3 is 0 Å². The average Bonchev–Trinajstić information content (AvgIpc) is 3.13. The van der Waals surface area contributed by atoms with Gasteiger partial charge in [-0.3, -0.25) is 9.59 Å². The molecule has 4 rings (SSSR count). The molecule has 8 nitrogen and oxygen atoms in total. The van der Waals surface area contributed by atoms with Crippen molar-refractivity contribution in [1.29, 1.82) is 0 Å². The van der Waals surface area contributed by atoms with E-state index < -0.39 is 0 Å². The SMILES string of the molecule is Cc1ccc(C)c(Cn2nnc3c(=O)[nH]c(C4CCN(C(=O)C(C)(C)C)CC4)nc32)c1. The first-order valence-electron chi connectivity index (χ1n) is 10.8. The molecule has 1 aliphatic rings. The van der Waals surface area contributed by atoms with E-state index in [0.717, 1.165) is 24.0 Å². The summed E-state index contributed by atoms with van der Waals surface area (Å²) < 4.78 is 1.70. The molecule has 164 valence electrons. The molecular weight excluding hydrogens is 392 g/mol. The summed E-state index contributed by atoms with van der Waals surface area (Å²) in [6, 6.07) is 6.29. The molecule has 1 N–H and O–H groups in total. The number of aromatic nitrogens is 5. The number of likely N-dealkylation sites (tertiary alicyclic amines) is 1. The van der Waals surface area contributed by atoms with Gasteiger partial charge in [-0.25, -0.2) is 9.67 Å². The van der Waals surface area contributed by atoms with Gasteiger partial charge in [0.05, 0.1) is 6.54 Å². The summed E-state index contributed by atoms with van der Waals surface area (Å²) in [5.74, 6) is 0.925. The number of carbonyl (C=O) groups excluding carboxylic acids is 1. The fourth-order valence-electron chi connectivity index (χ4n) is 4.15. The Morgan fingerprint density at radius 3 is 2.58 bits per heavy atom. The van der Waals surface area contributed by atoms with Gasteiger partial charge in [-0.1, -0.05) is 49.7 Å². The fraction of sp³-hybridized carbons (Fsp3) is 0.522. The van der Waals surface area contributed by atoms with Crippen molar-refractivity contribution in [1.82, 2.24) is 29.9 Å². The molecule has 1 saturated heterocycles. The average molecular weight is 423 g/mol. The predicted octanol–water partition coefficient (Wildman–Crippen LogP) is 2.93. The van der Waals surface area contributed by atoms with Crippen LogP contribution in [0.2, 0.25) is 0 Å². The third-order valence-electron chi connectivity index (χ3n) is 6.03. The van der Waals surface area contributed by atoms with Gasteiger partial charge in [0.25, 0.3) is 5.56 Å². The number of H-pyrrole nitrogens is 1. The summed E-state index contributed by atoms with van der Waals surface area (Å²) in [5, 5.41) is 8.27. The zero-order valence-corrected chi connectivity index (χ0v) is 18.9. The second-order valence-electron chi connectivity index (χ2n) is 9.62. The number of amides is 1. The van der Waals surface area contributed by atoms with Gasteiger partial charge in [0.1, 0.15) is 5.82 Å².